The van der Waals surface area contributed by atoms with Crippen LogP contribution >= 0.6 is 0 Å². The Morgan fingerprint density at radius 3 is 2.85 bits per heavy atom. The van der Waals surface area contributed by atoms with E-state index in [0.29, 0.717) is 6.61 Å². The van der Waals surface area contributed by atoms with Crippen LogP contribution in [0.5, 0.6) is 0 Å². The molecule has 1 fully saturated rings. The summed E-state index contributed by atoms with van der Waals surface area (Å²) in [5.74, 6) is 0.0810. The predicted molar refractivity (Wildman–Crippen MR) is 79.3 cm³/mol. The second-order valence-electron chi connectivity index (χ2n) is 5.51. The Labute approximate surface area is 120 Å². The molecular formula is C16H24N2O2. The number of hydrogen-bond acceptors (Lipinski definition) is 3. The normalized spacial score (nSPS) is 22.8. The molecule has 0 saturated carbocycles. The van der Waals surface area contributed by atoms with Crippen LogP contribution in [0.25, 0.3) is 0 Å². The van der Waals surface area contributed by atoms with Crippen LogP contribution in [0.1, 0.15) is 25.3 Å². The number of piperidine rings is 1. The molecule has 1 aromatic carbocycles. The highest BCUT2D eigenvalue weighted by Crippen LogP contribution is 2.15. The summed E-state index contributed by atoms with van der Waals surface area (Å²) >= 11 is 0. The first kappa shape index (κ1) is 15.0. The third kappa shape index (κ3) is 4.32. The van der Waals surface area contributed by atoms with Crippen LogP contribution in [-0.4, -0.2) is 42.6 Å². The Hall–Kier alpha value is -1.39. The van der Waals surface area contributed by atoms with E-state index in [0.717, 1.165) is 25.8 Å². The first-order valence-corrected chi connectivity index (χ1v) is 7.33. The lowest BCUT2D eigenvalue weighted by Crippen LogP contribution is -2.49. The zero-order valence-electron chi connectivity index (χ0n) is 12.1. The summed E-state index contributed by atoms with van der Waals surface area (Å²) in [7, 11) is 0. The van der Waals surface area contributed by atoms with Gasteiger partial charge in [-0.3, -0.25) is 4.79 Å². The lowest BCUT2D eigenvalue weighted by atomic mass is 9.99. The van der Waals surface area contributed by atoms with Gasteiger partial charge in [0, 0.05) is 18.6 Å². The van der Waals surface area contributed by atoms with E-state index in [1.165, 1.54) is 5.56 Å². The zero-order chi connectivity index (χ0) is 14.4. The van der Waals surface area contributed by atoms with E-state index < -0.39 is 0 Å². The molecule has 1 heterocycles. The lowest BCUT2D eigenvalue weighted by Gasteiger charge is -2.36. The number of benzene rings is 1. The van der Waals surface area contributed by atoms with Crippen molar-refractivity contribution in [2.24, 2.45) is 5.73 Å². The van der Waals surface area contributed by atoms with Gasteiger partial charge < -0.3 is 15.4 Å². The third-order valence-corrected chi connectivity index (χ3v) is 3.84. The first-order chi connectivity index (χ1) is 9.66. The van der Waals surface area contributed by atoms with Crippen molar-refractivity contribution in [2.75, 3.05) is 19.8 Å². The summed E-state index contributed by atoms with van der Waals surface area (Å²) < 4.78 is 5.51. The molecule has 0 spiro atoms. The average molecular weight is 276 g/mol. The molecule has 1 aliphatic rings. The molecule has 0 bridgehead atoms. The molecule has 2 unspecified atom stereocenters. The highest BCUT2D eigenvalue weighted by Gasteiger charge is 2.26. The van der Waals surface area contributed by atoms with E-state index in [2.05, 4.69) is 19.1 Å². The summed E-state index contributed by atoms with van der Waals surface area (Å²) in [6.45, 7) is 3.56. The van der Waals surface area contributed by atoms with Gasteiger partial charge in [-0.2, -0.15) is 0 Å². The molecule has 0 aromatic heterocycles. The van der Waals surface area contributed by atoms with Gasteiger partial charge in [0.25, 0.3) is 0 Å². The van der Waals surface area contributed by atoms with E-state index in [4.69, 9.17) is 10.5 Å². The average Bonchev–Trinajstić information content (AvgIpc) is 2.44. The minimum Gasteiger partial charge on any atom is -0.371 e. The van der Waals surface area contributed by atoms with Crippen molar-refractivity contribution in [3.8, 4) is 0 Å². The van der Waals surface area contributed by atoms with Crippen LogP contribution in [0.2, 0.25) is 0 Å². The molecule has 4 nitrogen and oxygen atoms in total. The number of ether oxygens (including phenoxy) is 1. The van der Waals surface area contributed by atoms with Gasteiger partial charge in [-0.1, -0.05) is 30.3 Å². The first-order valence-electron chi connectivity index (χ1n) is 7.33. The van der Waals surface area contributed by atoms with Crippen LogP contribution in [0.4, 0.5) is 0 Å². The summed E-state index contributed by atoms with van der Waals surface area (Å²) in [6, 6.07) is 10.6. The van der Waals surface area contributed by atoms with Gasteiger partial charge in [0.1, 0.15) is 6.61 Å². The minimum atomic E-state index is 0.0810. The summed E-state index contributed by atoms with van der Waals surface area (Å²) in [5, 5.41) is 0. The van der Waals surface area contributed by atoms with Crippen molar-refractivity contribution in [3.63, 3.8) is 0 Å². The number of carbonyl (C=O) groups is 1. The number of amides is 1. The van der Waals surface area contributed by atoms with E-state index >= 15 is 0 Å². The smallest absolute Gasteiger partial charge is 0.248 e. The fraction of sp³-hybridized carbons (Fsp3) is 0.562. The van der Waals surface area contributed by atoms with Gasteiger partial charge in [0.2, 0.25) is 5.91 Å². The van der Waals surface area contributed by atoms with Gasteiger partial charge in [0.05, 0.1) is 6.61 Å². The van der Waals surface area contributed by atoms with Gasteiger partial charge >= 0.3 is 0 Å². The van der Waals surface area contributed by atoms with E-state index in [1.54, 1.807) is 0 Å². The maximum Gasteiger partial charge on any atom is 0.248 e. The quantitative estimate of drug-likeness (QED) is 0.831. The van der Waals surface area contributed by atoms with E-state index in [1.807, 2.05) is 23.1 Å². The monoisotopic (exact) mass is 276 g/mol. The Balaban J connectivity index is 1.67. The minimum absolute atomic E-state index is 0.0810. The third-order valence-electron chi connectivity index (χ3n) is 3.84. The van der Waals surface area contributed by atoms with Crippen LogP contribution in [-0.2, 0) is 16.0 Å². The zero-order valence-corrected chi connectivity index (χ0v) is 12.1. The van der Waals surface area contributed by atoms with Crippen molar-refractivity contribution >= 4 is 5.91 Å². The van der Waals surface area contributed by atoms with Crippen LogP contribution in [0.3, 0.4) is 0 Å². The SMILES string of the molecule is CC1CC(N)CCN1C(=O)COCCc1ccccc1. The fourth-order valence-electron chi connectivity index (χ4n) is 2.66. The summed E-state index contributed by atoms with van der Waals surface area (Å²) in [6.07, 6.45) is 2.62. The Bertz CT molecular complexity index is 422. The van der Waals surface area contributed by atoms with Crippen LogP contribution < -0.4 is 5.73 Å². The standard InChI is InChI=1S/C16H24N2O2/c1-13-11-15(17)7-9-18(13)16(19)12-20-10-8-14-5-3-2-4-6-14/h2-6,13,15H,7-12,17H2,1H3. The summed E-state index contributed by atoms with van der Waals surface area (Å²) in [5.41, 5.74) is 7.14. The van der Waals surface area contributed by atoms with Gasteiger partial charge in [-0.05, 0) is 31.7 Å². The van der Waals surface area contributed by atoms with Gasteiger partial charge in [0.15, 0.2) is 0 Å². The second kappa shape index (κ2) is 7.41. The number of nitrogens with two attached hydrogens (primary N) is 1. The van der Waals surface area contributed by atoms with Crippen molar-refractivity contribution in [1.82, 2.24) is 4.90 Å². The van der Waals surface area contributed by atoms with Crippen LogP contribution in [0.15, 0.2) is 30.3 Å². The maximum atomic E-state index is 12.1. The number of hydrogen-bond donors (Lipinski definition) is 1. The molecule has 0 radical (unpaired) electrons. The Kier molecular flexibility index (Phi) is 5.56. The second-order valence-corrected chi connectivity index (χ2v) is 5.51. The fourth-order valence-corrected chi connectivity index (χ4v) is 2.66. The Morgan fingerprint density at radius 2 is 2.15 bits per heavy atom. The topological polar surface area (TPSA) is 55.6 Å². The Morgan fingerprint density at radius 1 is 1.40 bits per heavy atom. The molecule has 1 aromatic rings. The van der Waals surface area contributed by atoms with Gasteiger partial charge in [-0.25, -0.2) is 0 Å². The van der Waals surface area contributed by atoms with Crippen molar-refractivity contribution in [1.29, 1.82) is 0 Å². The molecule has 20 heavy (non-hydrogen) atoms. The highest BCUT2D eigenvalue weighted by atomic mass is 16.5. The molecule has 1 saturated heterocycles. The maximum absolute atomic E-state index is 12.1. The van der Waals surface area contributed by atoms with E-state index in [9.17, 15) is 4.79 Å². The number of carbonyl (C=O) groups excluding carboxylic acids is 1. The van der Waals surface area contributed by atoms with E-state index in [-0.39, 0.29) is 24.6 Å². The molecule has 110 valence electrons. The highest BCUT2D eigenvalue weighted by molar-refractivity contribution is 5.77. The van der Waals surface area contributed by atoms with Crippen molar-refractivity contribution in [2.45, 2.75) is 38.3 Å². The largest absolute Gasteiger partial charge is 0.371 e. The summed E-state index contributed by atoms with van der Waals surface area (Å²) in [4.78, 5) is 14.0. The predicted octanol–water partition coefficient (Wildman–Crippen LogP) is 1.58. The van der Waals surface area contributed by atoms with Crippen molar-refractivity contribution in [3.05, 3.63) is 35.9 Å². The number of rotatable bonds is 5. The van der Waals surface area contributed by atoms with Crippen LogP contribution in [0, 0.1) is 0 Å². The molecule has 2 N–H and O–H groups in total. The molecule has 0 aliphatic carbocycles. The molecular weight excluding hydrogens is 252 g/mol. The van der Waals surface area contributed by atoms with Crippen molar-refractivity contribution < 1.29 is 9.53 Å². The molecule has 2 atom stereocenters. The molecule has 2 rings (SSSR count). The lowest BCUT2D eigenvalue weighted by molar-refractivity contribution is -0.139. The van der Waals surface area contributed by atoms with Gasteiger partial charge in [-0.15, -0.1) is 0 Å². The number of nitrogens with zero attached hydrogens (tertiary/aromatic N) is 1. The number of likely N-dealkylation sites (tertiary alicyclic amines) is 1. The molecule has 1 aliphatic heterocycles. The molecule has 4 heteroatoms. The molecule has 1 amide bonds.